The van der Waals surface area contributed by atoms with Gasteiger partial charge in [-0.25, -0.2) is 0 Å². The molecule has 0 aromatic heterocycles. The molecule has 0 amide bonds. The van der Waals surface area contributed by atoms with Crippen molar-refractivity contribution < 1.29 is 5.11 Å². The van der Waals surface area contributed by atoms with E-state index < -0.39 is 6.10 Å². The van der Waals surface area contributed by atoms with Gasteiger partial charge in [0, 0.05) is 5.92 Å². The molecular weight excluding hydrogens is 196 g/mol. The molecule has 16 heavy (non-hydrogen) atoms. The lowest BCUT2D eigenvalue weighted by Gasteiger charge is -2.35. The molecule has 0 saturated heterocycles. The summed E-state index contributed by atoms with van der Waals surface area (Å²) in [6, 6.07) is 0. The Bertz CT molecular complexity index is 307. The molecule has 90 valence electrons. The van der Waals surface area contributed by atoms with Gasteiger partial charge in [0.25, 0.3) is 0 Å². The zero-order valence-corrected chi connectivity index (χ0v) is 10.6. The third-order valence-electron chi connectivity index (χ3n) is 4.95. The maximum absolute atomic E-state index is 10.1. The Hall–Kier alpha value is -0.560. The van der Waals surface area contributed by atoms with Gasteiger partial charge >= 0.3 is 0 Å². The lowest BCUT2D eigenvalue weighted by atomic mass is 9.71. The van der Waals surface area contributed by atoms with E-state index >= 15 is 0 Å². The quantitative estimate of drug-likeness (QED) is 0.716. The fourth-order valence-electron chi connectivity index (χ4n) is 3.74. The summed E-state index contributed by atoms with van der Waals surface area (Å²) in [7, 11) is 0. The van der Waals surface area contributed by atoms with Crippen molar-refractivity contribution in [1.82, 2.24) is 0 Å². The minimum absolute atomic E-state index is 0.161. The summed E-state index contributed by atoms with van der Waals surface area (Å²) in [5.41, 5.74) is 2.50. The van der Waals surface area contributed by atoms with Crippen molar-refractivity contribution in [1.29, 1.82) is 0 Å². The van der Waals surface area contributed by atoms with Gasteiger partial charge in [-0.3, -0.25) is 0 Å². The molecule has 2 rings (SSSR count). The number of hydrogen-bond acceptors (Lipinski definition) is 1. The predicted octanol–water partition coefficient (Wildman–Crippen LogP) is 3.70. The first-order valence-corrected chi connectivity index (χ1v) is 6.49. The van der Waals surface area contributed by atoms with E-state index in [0.717, 1.165) is 11.5 Å². The van der Waals surface area contributed by atoms with Gasteiger partial charge in [-0.1, -0.05) is 31.2 Å². The number of rotatable bonds is 4. The van der Waals surface area contributed by atoms with Crippen molar-refractivity contribution >= 4 is 0 Å². The summed E-state index contributed by atoms with van der Waals surface area (Å²) in [5.74, 6) is 1.10. The average Bonchev–Trinajstić information content (AvgIpc) is 2.87. The molecule has 0 aliphatic heterocycles. The molecule has 1 nitrogen and oxygen atoms in total. The normalized spacial score (nSPS) is 36.1. The van der Waals surface area contributed by atoms with Gasteiger partial charge < -0.3 is 5.11 Å². The molecule has 0 radical (unpaired) electrons. The predicted molar refractivity (Wildman–Crippen MR) is 68.1 cm³/mol. The second kappa shape index (κ2) is 4.03. The summed E-state index contributed by atoms with van der Waals surface area (Å²) in [6.07, 6.45) is 6.23. The first-order valence-electron chi connectivity index (χ1n) is 6.49. The summed E-state index contributed by atoms with van der Waals surface area (Å²) >= 11 is 0. The summed E-state index contributed by atoms with van der Waals surface area (Å²) in [5, 5.41) is 10.1. The molecule has 2 bridgehead atoms. The van der Waals surface area contributed by atoms with Gasteiger partial charge in [-0.15, -0.1) is 0 Å². The monoisotopic (exact) mass is 220 g/mol. The van der Waals surface area contributed by atoms with E-state index in [1.807, 2.05) is 6.92 Å². The van der Waals surface area contributed by atoms with Crippen LogP contribution in [-0.4, -0.2) is 11.2 Å². The van der Waals surface area contributed by atoms with Crippen molar-refractivity contribution in [3.05, 3.63) is 24.3 Å². The van der Waals surface area contributed by atoms with Gasteiger partial charge in [0.05, 0.1) is 6.10 Å². The second-order valence-electron chi connectivity index (χ2n) is 6.03. The third-order valence-corrected chi connectivity index (χ3v) is 4.95. The molecule has 2 aliphatic carbocycles. The Kier molecular flexibility index (Phi) is 3.00. The number of fused-ring (bicyclic) bond motifs is 2. The van der Waals surface area contributed by atoms with E-state index in [1.165, 1.54) is 37.7 Å². The fourth-order valence-corrected chi connectivity index (χ4v) is 3.74. The molecule has 2 fully saturated rings. The third kappa shape index (κ3) is 1.75. The number of aliphatic hydroxyl groups is 1. The van der Waals surface area contributed by atoms with Gasteiger partial charge in [-0.05, 0) is 50.4 Å². The zero-order valence-electron chi connectivity index (χ0n) is 10.6. The topological polar surface area (TPSA) is 20.2 Å². The molecular formula is C15H24O. The Labute approximate surface area is 99.3 Å². The highest BCUT2D eigenvalue weighted by atomic mass is 16.3. The van der Waals surface area contributed by atoms with Crippen LogP contribution < -0.4 is 0 Å². The first-order chi connectivity index (χ1) is 7.46. The second-order valence-corrected chi connectivity index (χ2v) is 6.03. The lowest BCUT2D eigenvalue weighted by molar-refractivity contribution is 0.151. The average molecular weight is 220 g/mol. The SMILES string of the molecule is C=C(C)C(O)C(C)C(=C)C12CCC(CC1)C2. The van der Waals surface area contributed by atoms with E-state index in [9.17, 15) is 5.11 Å². The molecule has 0 spiro atoms. The number of aliphatic hydroxyl groups excluding tert-OH is 1. The molecule has 0 aromatic rings. The van der Waals surface area contributed by atoms with Crippen molar-refractivity contribution in [2.75, 3.05) is 0 Å². The largest absolute Gasteiger partial charge is 0.388 e. The van der Waals surface area contributed by atoms with Crippen LogP contribution in [0.15, 0.2) is 24.3 Å². The molecule has 0 heterocycles. The molecule has 2 unspecified atom stereocenters. The van der Waals surface area contributed by atoms with Crippen LogP contribution in [0.4, 0.5) is 0 Å². The van der Waals surface area contributed by atoms with Crippen molar-refractivity contribution in [2.24, 2.45) is 17.3 Å². The van der Waals surface area contributed by atoms with Gasteiger partial charge in [0.2, 0.25) is 0 Å². The van der Waals surface area contributed by atoms with E-state index in [-0.39, 0.29) is 5.92 Å². The van der Waals surface area contributed by atoms with Gasteiger partial charge in [-0.2, -0.15) is 0 Å². The molecule has 2 aliphatic rings. The van der Waals surface area contributed by atoms with Crippen molar-refractivity contribution in [3.8, 4) is 0 Å². The fraction of sp³-hybridized carbons (Fsp3) is 0.733. The Morgan fingerprint density at radius 2 is 1.88 bits per heavy atom. The Morgan fingerprint density at radius 3 is 2.25 bits per heavy atom. The van der Waals surface area contributed by atoms with Crippen LogP contribution in [0.3, 0.4) is 0 Å². The molecule has 1 N–H and O–H groups in total. The Balaban J connectivity index is 2.10. The Morgan fingerprint density at radius 1 is 1.31 bits per heavy atom. The lowest BCUT2D eigenvalue weighted by Crippen LogP contribution is -2.28. The van der Waals surface area contributed by atoms with E-state index in [1.54, 1.807) is 0 Å². The van der Waals surface area contributed by atoms with Crippen LogP contribution in [0, 0.1) is 17.3 Å². The smallest absolute Gasteiger partial charge is 0.0807 e. The first kappa shape index (κ1) is 11.9. The summed E-state index contributed by atoms with van der Waals surface area (Å²) in [6.45, 7) is 12.2. The molecule has 2 atom stereocenters. The van der Waals surface area contributed by atoms with Crippen LogP contribution >= 0.6 is 0 Å². The highest BCUT2D eigenvalue weighted by Gasteiger charge is 2.47. The van der Waals surface area contributed by atoms with Crippen LogP contribution in [0.25, 0.3) is 0 Å². The van der Waals surface area contributed by atoms with Crippen LogP contribution in [0.5, 0.6) is 0 Å². The van der Waals surface area contributed by atoms with E-state index in [2.05, 4.69) is 20.1 Å². The summed E-state index contributed by atoms with van der Waals surface area (Å²) < 4.78 is 0. The molecule has 1 heteroatoms. The van der Waals surface area contributed by atoms with Gasteiger partial charge in [0.15, 0.2) is 0 Å². The maximum Gasteiger partial charge on any atom is 0.0807 e. The van der Waals surface area contributed by atoms with Crippen LogP contribution in [0.1, 0.15) is 46.0 Å². The van der Waals surface area contributed by atoms with E-state index in [0.29, 0.717) is 5.41 Å². The number of hydrogen-bond donors (Lipinski definition) is 1. The maximum atomic E-state index is 10.1. The summed E-state index contributed by atoms with van der Waals surface area (Å²) in [4.78, 5) is 0. The molecule has 2 saturated carbocycles. The van der Waals surface area contributed by atoms with Crippen LogP contribution in [0.2, 0.25) is 0 Å². The highest BCUT2D eigenvalue weighted by molar-refractivity contribution is 5.22. The van der Waals surface area contributed by atoms with Crippen molar-refractivity contribution in [3.63, 3.8) is 0 Å². The van der Waals surface area contributed by atoms with E-state index in [4.69, 9.17) is 0 Å². The van der Waals surface area contributed by atoms with Gasteiger partial charge in [0.1, 0.15) is 0 Å². The minimum Gasteiger partial charge on any atom is -0.388 e. The van der Waals surface area contributed by atoms with Crippen LogP contribution in [-0.2, 0) is 0 Å². The minimum atomic E-state index is -0.415. The molecule has 0 aromatic carbocycles. The highest BCUT2D eigenvalue weighted by Crippen LogP contribution is 2.59. The van der Waals surface area contributed by atoms with Crippen molar-refractivity contribution in [2.45, 2.75) is 52.1 Å². The zero-order chi connectivity index (χ0) is 11.9. The standard InChI is InChI=1S/C15H24O/c1-10(2)14(16)11(3)12(4)15-7-5-13(9-15)6-8-15/h11,13-14,16H,1,4-9H2,2-3H3.